The highest BCUT2D eigenvalue weighted by Crippen LogP contribution is 2.23. The molecule has 2 nitrogen and oxygen atoms in total. The molecule has 0 radical (unpaired) electrons. The molecular weight excluding hydrogens is 245 g/mol. The van der Waals surface area contributed by atoms with E-state index in [1.807, 2.05) is 13.8 Å². The van der Waals surface area contributed by atoms with E-state index in [-0.39, 0.29) is 17.7 Å². The van der Waals surface area contributed by atoms with Crippen molar-refractivity contribution in [2.45, 2.75) is 26.3 Å². The third-order valence-corrected chi connectivity index (χ3v) is 3.26. The van der Waals surface area contributed by atoms with Crippen LogP contribution < -0.4 is 5.73 Å². The molecule has 0 amide bonds. The average molecular weight is 260 g/mol. The van der Waals surface area contributed by atoms with Gasteiger partial charge in [-0.25, -0.2) is 0 Å². The summed E-state index contributed by atoms with van der Waals surface area (Å²) in [5.74, 6) is 0.284. The van der Waals surface area contributed by atoms with Crippen LogP contribution in [0.2, 0.25) is 10.0 Å². The lowest BCUT2D eigenvalue weighted by Crippen LogP contribution is -2.29. The summed E-state index contributed by atoms with van der Waals surface area (Å²) in [7, 11) is 0. The van der Waals surface area contributed by atoms with Gasteiger partial charge in [0.15, 0.2) is 5.78 Å². The van der Waals surface area contributed by atoms with E-state index in [9.17, 15) is 4.79 Å². The Hall–Kier alpha value is -0.570. The average Bonchev–Trinajstić information content (AvgIpc) is 2.21. The molecule has 0 bridgehead atoms. The number of hydrogen-bond acceptors (Lipinski definition) is 2. The molecule has 0 aromatic heterocycles. The zero-order chi connectivity index (χ0) is 12.3. The SMILES string of the molecule is CC(C)C(N)CC(=O)c1ccc(Cl)c(Cl)c1. The number of hydrogen-bond donors (Lipinski definition) is 1. The molecule has 1 aromatic rings. The lowest BCUT2D eigenvalue weighted by atomic mass is 9.97. The Balaban J connectivity index is 2.77. The lowest BCUT2D eigenvalue weighted by Gasteiger charge is -2.14. The monoisotopic (exact) mass is 259 g/mol. The number of benzene rings is 1. The molecule has 1 rings (SSSR count). The highest BCUT2D eigenvalue weighted by Gasteiger charge is 2.15. The van der Waals surface area contributed by atoms with Crippen LogP contribution in [0.5, 0.6) is 0 Å². The Labute approximate surface area is 106 Å². The first kappa shape index (κ1) is 13.5. The van der Waals surface area contributed by atoms with Gasteiger partial charge in [0.1, 0.15) is 0 Å². The Morgan fingerprint density at radius 1 is 1.31 bits per heavy atom. The molecule has 0 aliphatic heterocycles. The van der Waals surface area contributed by atoms with Crippen LogP contribution in [0, 0.1) is 5.92 Å². The van der Waals surface area contributed by atoms with Crippen LogP contribution in [-0.2, 0) is 0 Å². The summed E-state index contributed by atoms with van der Waals surface area (Å²) < 4.78 is 0. The molecule has 88 valence electrons. The molecule has 16 heavy (non-hydrogen) atoms. The number of rotatable bonds is 4. The quantitative estimate of drug-likeness (QED) is 0.841. The van der Waals surface area contributed by atoms with Crippen molar-refractivity contribution in [1.82, 2.24) is 0 Å². The van der Waals surface area contributed by atoms with Gasteiger partial charge in [-0.1, -0.05) is 37.0 Å². The minimum Gasteiger partial charge on any atom is -0.327 e. The third-order valence-electron chi connectivity index (χ3n) is 2.52. The second-order valence-corrected chi connectivity index (χ2v) is 4.98. The number of carbonyl (C=O) groups excluding carboxylic acids is 1. The number of nitrogens with two attached hydrogens (primary N) is 1. The minimum absolute atomic E-state index is 0.000216. The first-order valence-corrected chi connectivity index (χ1v) is 5.91. The second kappa shape index (κ2) is 5.67. The van der Waals surface area contributed by atoms with Gasteiger partial charge in [-0.2, -0.15) is 0 Å². The van der Waals surface area contributed by atoms with Crippen molar-refractivity contribution in [3.63, 3.8) is 0 Å². The van der Waals surface area contributed by atoms with Crippen LogP contribution in [0.4, 0.5) is 0 Å². The number of ketones is 1. The molecule has 1 atom stereocenters. The van der Waals surface area contributed by atoms with Gasteiger partial charge in [-0.3, -0.25) is 4.79 Å². The van der Waals surface area contributed by atoms with Gasteiger partial charge < -0.3 is 5.73 Å². The molecule has 0 saturated carbocycles. The largest absolute Gasteiger partial charge is 0.327 e. The zero-order valence-electron chi connectivity index (χ0n) is 9.34. The predicted molar refractivity (Wildman–Crippen MR) is 68.2 cm³/mol. The maximum atomic E-state index is 11.8. The summed E-state index contributed by atoms with van der Waals surface area (Å²) in [4.78, 5) is 11.8. The van der Waals surface area contributed by atoms with E-state index in [1.54, 1.807) is 18.2 Å². The van der Waals surface area contributed by atoms with Gasteiger partial charge in [-0.15, -0.1) is 0 Å². The summed E-state index contributed by atoms with van der Waals surface area (Å²) in [6, 6.07) is 4.75. The van der Waals surface area contributed by atoms with Gasteiger partial charge in [0.2, 0.25) is 0 Å². The first-order chi connectivity index (χ1) is 7.41. The van der Waals surface area contributed by atoms with Crippen molar-refractivity contribution in [3.05, 3.63) is 33.8 Å². The highest BCUT2D eigenvalue weighted by atomic mass is 35.5. The maximum Gasteiger partial charge on any atom is 0.164 e. The Kier molecular flexibility index (Phi) is 4.78. The van der Waals surface area contributed by atoms with Gasteiger partial charge >= 0.3 is 0 Å². The summed E-state index contributed by atoms with van der Waals surface area (Å²) in [6.07, 6.45) is 0.329. The predicted octanol–water partition coefficient (Wildman–Crippen LogP) is 3.55. The molecule has 0 aliphatic rings. The van der Waals surface area contributed by atoms with Gasteiger partial charge in [0.25, 0.3) is 0 Å². The lowest BCUT2D eigenvalue weighted by molar-refractivity contribution is 0.0967. The fourth-order valence-corrected chi connectivity index (χ4v) is 1.54. The minimum atomic E-state index is -0.123. The van der Waals surface area contributed by atoms with Crippen molar-refractivity contribution >= 4 is 29.0 Å². The fourth-order valence-electron chi connectivity index (χ4n) is 1.24. The molecule has 1 unspecified atom stereocenters. The van der Waals surface area contributed by atoms with E-state index in [0.717, 1.165) is 0 Å². The molecule has 0 fully saturated rings. The second-order valence-electron chi connectivity index (χ2n) is 4.16. The van der Waals surface area contributed by atoms with Crippen molar-refractivity contribution < 1.29 is 4.79 Å². The van der Waals surface area contributed by atoms with Crippen molar-refractivity contribution in [1.29, 1.82) is 0 Å². The summed E-state index contributed by atoms with van der Waals surface area (Å²) >= 11 is 11.6. The standard InChI is InChI=1S/C12H15Cl2NO/c1-7(2)11(15)6-12(16)8-3-4-9(13)10(14)5-8/h3-5,7,11H,6,15H2,1-2H3. The van der Waals surface area contributed by atoms with Crippen LogP contribution in [0.25, 0.3) is 0 Å². The topological polar surface area (TPSA) is 43.1 Å². The maximum absolute atomic E-state index is 11.8. The molecule has 0 saturated heterocycles. The summed E-state index contributed by atoms with van der Waals surface area (Å²) in [6.45, 7) is 3.99. The molecule has 2 N–H and O–H groups in total. The Morgan fingerprint density at radius 3 is 2.44 bits per heavy atom. The molecule has 0 spiro atoms. The van der Waals surface area contributed by atoms with Crippen molar-refractivity contribution in [2.24, 2.45) is 11.7 Å². The van der Waals surface area contributed by atoms with Gasteiger partial charge in [0, 0.05) is 18.0 Å². The van der Waals surface area contributed by atoms with Crippen LogP contribution >= 0.6 is 23.2 Å². The van der Waals surface area contributed by atoms with E-state index in [2.05, 4.69) is 0 Å². The van der Waals surface area contributed by atoms with E-state index in [4.69, 9.17) is 28.9 Å². The smallest absolute Gasteiger partial charge is 0.164 e. The van der Waals surface area contributed by atoms with Crippen LogP contribution in [0.3, 0.4) is 0 Å². The van der Waals surface area contributed by atoms with Gasteiger partial charge in [0.05, 0.1) is 10.0 Å². The van der Waals surface area contributed by atoms with Crippen LogP contribution in [-0.4, -0.2) is 11.8 Å². The number of Topliss-reactive ketones (excluding diaryl/α,β-unsaturated/α-hetero) is 1. The van der Waals surface area contributed by atoms with Crippen LogP contribution in [0.1, 0.15) is 30.6 Å². The molecule has 1 aromatic carbocycles. The zero-order valence-corrected chi connectivity index (χ0v) is 10.8. The van der Waals surface area contributed by atoms with Crippen molar-refractivity contribution in [2.75, 3.05) is 0 Å². The summed E-state index contributed by atoms with van der Waals surface area (Å²) in [5, 5.41) is 0.844. The fraction of sp³-hybridized carbons (Fsp3) is 0.417. The van der Waals surface area contributed by atoms with Crippen LogP contribution in [0.15, 0.2) is 18.2 Å². The highest BCUT2D eigenvalue weighted by molar-refractivity contribution is 6.42. The Morgan fingerprint density at radius 2 is 1.94 bits per heavy atom. The van der Waals surface area contributed by atoms with Gasteiger partial charge in [-0.05, 0) is 24.1 Å². The summed E-state index contributed by atoms with van der Waals surface area (Å²) in [5.41, 5.74) is 6.40. The normalized spacial score (nSPS) is 12.9. The van der Waals surface area contributed by atoms with E-state index in [0.29, 0.717) is 22.0 Å². The van der Waals surface area contributed by atoms with E-state index >= 15 is 0 Å². The van der Waals surface area contributed by atoms with Crippen molar-refractivity contribution in [3.8, 4) is 0 Å². The molecule has 4 heteroatoms. The number of halogens is 2. The molecule has 0 aliphatic carbocycles. The molecular formula is C12H15Cl2NO. The Bertz CT molecular complexity index is 391. The first-order valence-electron chi connectivity index (χ1n) is 5.15. The van der Waals surface area contributed by atoms with E-state index < -0.39 is 0 Å². The molecule has 0 heterocycles. The number of carbonyl (C=O) groups is 1. The third kappa shape index (κ3) is 3.48. The van der Waals surface area contributed by atoms with E-state index in [1.165, 1.54) is 0 Å².